The molecule has 1 N–H and O–H groups in total. The van der Waals surface area contributed by atoms with Crippen LogP contribution in [0.2, 0.25) is 0 Å². The lowest BCUT2D eigenvalue weighted by molar-refractivity contribution is -0.122. The molecule has 0 spiro atoms. The summed E-state index contributed by atoms with van der Waals surface area (Å²) < 4.78 is 6.90. The van der Waals surface area contributed by atoms with Gasteiger partial charge in [-0.15, -0.1) is 5.10 Å². The quantitative estimate of drug-likeness (QED) is 0.698. The summed E-state index contributed by atoms with van der Waals surface area (Å²) in [6.07, 6.45) is 1.81. The van der Waals surface area contributed by atoms with Gasteiger partial charge in [0, 0.05) is 6.20 Å². The molecule has 0 aliphatic rings. The molecule has 27 heavy (non-hydrogen) atoms. The number of hydrogen-bond acceptors (Lipinski definition) is 4. The predicted molar refractivity (Wildman–Crippen MR) is 104 cm³/mol. The average Bonchev–Trinajstić information content (AvgIpc) is 3.15. The van der Waals surface area contributed by atoms with E-state index in [4.69, 9.17) is 4.74 Å². The van der Waals surface area contributed by atoms with E-state index in [9.17, 15) is 4.79 Å². The van der Waals surface area contributed by atoms with E-state index in [1.165, 1.54) is 0 Å². The summed E-state index contributed by atoms with van der Waals surface area (Å²) >= 11 is 0. The van der Waals surface area contributed by atoms with Crippen molar-refractivity contribution in [2.75, 3.05) is 7.11 Å². The zero-order valence-electron chi connectivity index (χ0n) is 15.8. The molecular formula is C21H24N4O2. The third-order valence-corrected chi connectivity index (χ3v) is 4.32. The van der Waals surface area contributed by atoms with Crippen LogP contribution in [0.4, 0.5) is 0 Å². The lowest BCUT2D eigenvalue weighted by Gasteiger charge is -2.20. The second-order valence-corrected chi connectivity index (χ2v) is 6.68. The number of methoxy groups -OCH3 is 1. The van der Waals surface area contributed by atoms with Gasteiger partial charge in [-0.1, -0.05) is 61.5 Å². The summed E-state index contributed by atoms with van der Waals surface area (Å²) in [5.74, 6) is 0.892. The maximum absolute atomic E-state index is 12.7. The van der Waals surface area contributed by atoms with Crippen molar-refractivity contribution in [2.24, 2.45) is 0 Å². The number of rotatable bonds is 7. The van der Waals surface area contributed by atoms with E-state index in [2.05, 4.69) is 15.6 Å². The minimum atomic E-state index is -0.276. The fourth-order valence-corrected chi connectivity index (χ4v) is 2.83. The Hall–Kier alpha value is -3.15. The van der Waals surface area contributed by atoms with Crippen molar-refractivity contribution in [3.8, 4) is 5.75 Å². The first kappa shape index (κ1) is 18.6. The van der Waals surface area contributed by atoms with Crippen LogP contribution in [0.3, 0.4) is 0 Å². The van der Waals surface area contributed by atoms with Crippen LogP contribution in [0.1, 0.15) is 42.6 Å². The van der Waals surface area contributed by atoms with E-state index in [0.29, 0.717) is 0 Å². The average molecular weight is 364 g/mol. The molecule has 0 bridgehead atoms. The molecule has 0 fully saturated rings. The minimum absolute atomic E-state index is 0.118. The third kappa shape index (κ3) is 4.73. The number of hydrogen-bond donors (Lipinski definition) is 1. The molecule has 1 atom stereocenters. The molecule has 6 nitrogen and oxygen atoms in total. The highest BCUT2D eigenvalue weighted by molar-refractivity contribution is 5.76. The summed E-state index contributed by atoms with van der Waals surface area (Å²) in [4.78, 5) is 12.7. The van der Waals surface area contributed by atoms with Crippen LogP contribution in [-0.4, -0.2) is 28.0 Å². The van der Waals surface area contributed by atoms with E-state index in [-0.39, 0.29) is 24.4 Å². The SMILES string of the molecule is COc1cccc([C@H](NC(=O)Cn2cc(C(C)C)nn2)c2ccccc2)c1. The van der Waals surface area contributed by atoms with Gasteiger partial charge < -0.3 is 10.1 Å². The van der Waals surface area contributed by atoms with E-state index in [1.54, 1.807) is 11.8 Å². The number of benzene rings is 2. The van der Waals surface area contributed by atoms with Crippen molar-refractivity contribution in [2.45, 2.75) is 32.4 Å². The van der Waals surface area contributed by atoms with Gasteiger partial charge in [-0.2, -0.15) is 0 Å². The first-order valence-electron chi connectivity index (χ1n) is 8.95. The van der Waals surface area contributed by atoms with Gasteiger partial charge in [-0.05, 0) is 29.2 Å². The number of nitrogens with one attached hydrogen (secondary N) is 1. The van der Waals surface area contributed by atoms with Crippen LogP contribution in [0.15, 0.2) is 60.8 Å². The smallest absolute Gasteiger partial charge is 0.242 e. The van der Waals surface area contributed by atoms with Crippen molar-refractivity contribution in [3.05, 3.63) is 77.6 Å². The van der Waals surface area contributed by atoms with Gasteiger partial charge in [0.25, 0.3) is 0 Å². The first-order chi connectivity index (χ1) is 13.1. The molecule has 0 saturated heterocycles. The number of carbonyl (C=O) groups excluding carboxylic acids is 1. The number of amides is 1. The van der Waals surface area contributed by atoms with Gasteiger partial charge in [-0.25, -0.2) is 4.68 Å². The molecular weight excluding hydrogens is 340 g/mol. The number of carbonyl (C=O) groups is 1. The van der Waals surface area contributed by atoms with Crippen LogP contribution >= 0.6 is 0 Å². The molecule has 3 aromatic rings. The lowest BCUT2D eigenvalue weighted by Crippen LogP contribution is -2.32. The topological polar surface area (TPSA) is 69.0 Å². The molecule has 0 saturated carbocycles. The molecule has 1 heterocycles. The Kier molecular flexibility index (Phi) is 5.86. The Morgan fingerprint density at radius 2 is 1.85 bits per heavy atom. The Morgan fingerprint density at radius 1 is 1.11 bits per heavy atom. The number of aromatic nitrogens is 3. The molecule has 2 aromatic carbocycles. The second kappa shape index (κ2) is 8.49. The van der Waals surface area contributed by atoms with Gasteiger partial charge in [-0.3, -0.25) is 4.79 Å². The van der Waals surface area contributed by atoms with Crippen LogP contribution in [0.25, 0.3) is 0 Å². The van der Waals surface area contributed by atoms with Gasteiger partial charge >= 0.3 is 0 Å². The molecule has 0 aliphatic heterocycles. The third-order valence-electron chi connectivity index (χ3n) is 4.32. The van der Waals surface area contributed by atoms with Crippen LogP contribution in [0, 0.1) is 0 Å². The second-order valence-electron chi connectivity index (χ2n) is 6.68. The van der Waals surface area contributed by atoms with Crippen molar-refractivity contribution in [3.63, 3.8) is 0 Å². The van der Waals surface area contributed by atoms with Crippen molar-refractivity contribution >= 4 is 5.91 Å². The molecule has 140 valence electrons. The number of ether oxygens (including phenoxy) is 1. The molecule has 0 radical (unpaired) electrons. The Morgan fingerprint density at radius 3 is 2.52 bits per heavy atom. The van der Waals surface area contributed by atoms with E-state index in [0.717, 1.165) is 22.6 Å². The monoisotopic (exact) mass is 364 g/mol. The molecule has 1 amide bonds. The predicted octanol–water partition coefficient (Wildman–Crippen LogP) is 3.32. The summed E-state index contributed by atoms with van der Waals surface area (Å²) in [6, 6.07) is 17.3. The van der Waals surface area contributed by atoms with Crippen LogP contribution < -0.4 is 10.1 Å². The van der Waals surface area contributed by atoms with Crippen molar-refractivity contribution in [1.29, 1.82) is 0 Å². The highest BCUT2D eigenvalue weighted by Crippen LogP contribution is 2.25. The summed E-state index contributed by atoms with van der Waals surface area (Å²) in [6.45, 7) is 4.21. The van der Waals surface area contributed by atoms with Gasteiger partial charge in [0.1, 0.15) is 12.3 Å². The highest BCUT2D eigenvalue weighted by atomic mass is 16.5. The fraction of sp³-hybridized carbons (Fsp3) is 0.286. The van der Waals surface area contributed by atoms with Gasteiger partial charge in [0.05, 0.1) is 18.8 Å². The Balaban J connectivity index is 1.81. The summed E-state index contributed by atoms with van der Waals surface area (Å²) in [7, 11) is 1.63. The largest absolute Gasteiger partial charge is 0.497 e. The summed E-state index contributed by atoms with van der Waals surface area (Å²) in [5.41, 5.74) is 2.83. The molecule has 3 rings (SSSR count). The highest BCUT2D eigenvalue weighted by Gasteiger charge is 2.18. The first-order valence-corrected chi connectivity index (χ1v) is 8.95. The van der Waals surface area contributed by atoms with Crippen molar-refractivity contribution < 1.29 is 9.53 Å². The van der Waals surface area contributed by atoms with E-state index >= 15 is 0 Å². The standard InChI is InChI=1S/C21H24N4O2/c1-15(2)19-13-25(24-23-19)14-20(26)22-21(16-8-5-4-6-9-16)17-10-7-11-18(12-17)27-3/h4-13,15,21H,14H2,1-3H3,(H,22,26)/t21-/m1/s1. The van der Waals surface area contributed by atoms with Crippen molar-refractivity contribution in [1.82, 2.24) is 20.3 Å². The van der Waals surface area contributed by atoms with Crippen LogP contribution in [-0.2, 0) is 11.3 Å². The lowest BCUT2D eigenvalue weighted by atomic mass is 9.98. The normalized spacial score (nSPS) is 12.0. The van der Waals surface area contributed by atoms with Gasteiger partial charge in [0.15, 0.2) is 0 Å². The zero-order valence-corrected chi connectivity index (χ0v) is 15.8. The van der Waals surface area contributed by atoms with Crippen LogP contribution in [0.5, 0.6) is 5.75 Å². The maximum Gasteiger partial charge on any atom is 0.242 e. The van der Waals surface area contributed by atoms with Gasteiger partial charge in [0.2, 0.25) is 5.91 Å². The van der Waals surface area contributed by atoms with E-state index in [1.807, 2.05) is 74.6 Å². The molecule has 1 aromatic heterocycles. The number of nitrogens with zero attached hydrogens (tertiary/aromatic N) is 3. The molecule has 6 heteroatoms. The summed E-state index contributed by atoms with van der Waals surface area (Å²) in [5, 5.41) is 11.3. The zero-order chi connectivity index (χ0) is 19.2. The molecule has 0 unspecified atom stereocenters. The van der Waals surface area contributed by atoms with E-state index < -0.39 is 0 Å². The maximum atomic E-state index is 12.7. The molecule has 0 aliphatic carbocycles. The Bertz CT molecular complexity index is 890. The minimum Gasteiger partial charge on any atom is -0.497 e. The fourth-order valence-electron chi connectivity index (χ4n) is 2.83. The Labute approximate surface area is 159 Å².